The number of alkyl halides is 2. The Hall–Kier alpha value is -1.05. The summed E-state index contributed by atoms with van der Waals surface area (Å²) in [5, 5.41) is 3.11. The normalized spacial score (nSPS) is 37.2. The van der Waals surface area contributed by atoms with Crippen LogP contribution in [0.2, 0.25) is 0 Å². The van der Waals surface area contributed by atoms with Crippen LogP contribution in [0.1, 0.15) is 85.0 Å². The van der Waals surface area contributed by atoms with E-state index in [2.05, 4.69) is 5.32 Å². The van der Waals surface area contributed by atoms with Gasteiger partial charge < -0.3 is 20.5 Å². The highest BCUT2D eigenvalue weighted by atomic mass is 35.5. The second-order valence-electron chi connectivity index (χ2n) is 11.9. The number of halogens is 2. The summed E-state index contributed by atoms with van der Waals surface area (Å²) in [6.45, 7) is 6.25. The number of rotatable bonds is 9. The van der Waals surface area contributed by atoms with E-state index < -0.39 is 34.7 Å². The second kappa shape index (κ2) is 12.2. The average molecular weight is 548 g/mol. The number of primary amides is 1. The SMILES string of the molecule is COC(=O)[C@@H](CC1CCC(OCC2C(Cl)CCCC2Cl)CC1)NC(=O)[C@H]1CC[C@@](C)(C(N)=O)C1(C)C. The van der Waals surface area contributed by atoms with Gasteiger partial charge in [0.25, 0.3) is 0 Å². The molecule has 0 aromatic rings. The van der Waals surface area contributed by atoms with E-state index in [0.717, 1.165) is 44.9 Å². The van der Waals surface area contributed by atoms with Crippen LogP contribution in [0.3, 0.4) is 0 Å². The highest BCUT2D eigenvalue weighted by molar-refractivity contribution is 6.24. The number of hydrogen-bond acceptors (Lipinski definition) is 5. The second-order valence-corrected chi connectivity index (χ2v) is 13.1. The van der Waals surface area contributed by atoms with Crippen LogP contribution in [0.15, 0.2) is 0 Å². The van der Waals surface area contributed by atoms with Gasteiger partial charge in [-0.3, -0.25) is 9.59 Å². The maximum Gasteiger partial charge on any atom is 0.328 e. The van der Waals surface area contributed by atoms with Crippen molar-refractivity contribution in [1.29, 1.82) is 0 Å². The summed E-state index contributed by atoms with van der Waals surface area (Å²) < 4.78 is 11.2. The van der Waals surface area contributed by atoms with Crippen LogP contribution in [0.25, 0.3) is 0 Å². The molecule has 2 amide bonds. The fraction of sp³-hybridized carbons (Fsp3) is 0.889. The van der Waals surface area contributed by atoms with Crippen molar-refractivity contribution < 1.29 is 23.9 Å². The van der Waals surface area contributed by atoms with Gasteiger partial charge in [-0.2, -0.15) is 0 Å². The first-order valence-electron chi connectivity index (χ1n) is 13.5. The van der Waals surface area contributed by atoms with Gasteiger partial charge in [-0.15, -0.1) is 23.2 Å². The summed E-state index contributed by atoms with van der Waals surface area (Å²) in [4.78, 5) is 38.0. The molecular weight excluding hydrogens is 503 g/mol. The average Bonchev–Trinajstić information content (AvgIpc) is 3.08. The summed E-state index contributed by atoms with van der Waals surface area (Å²) in [5.41, 5.74) is 4.31. The van der Waals surface area contributed by atoms with E-state index in [0.29, 0.717) is 25.9 Å². The van der Waals surface area contributed by atoms with Crippen molar-refractivity contribution in [3.63, 3.8) is 0 Å². The Morgan fingerprint density at radius 2 is 1.61 bits per heavy atom. The zero-order valence-electron chi connectivity index (χ0n) is 22.2. The molecule has 0 aliphatic heterocycles. The monoisotopic (exact) mass is 546 g/mol. The molecule has 0 aromatic heterocycles. The van der Waals surface area contributed by atoms with Gasteiger partial charge in [-0.05, 0) is 69.1 Å². The molecule has 3 aliphatic rings. The Morgan fingerprint density at radius 3 is 2.14 bits per heavy atom. The number of hydrogen-bond donors (Lipinski definition) is 2. The molecule has 7 nitrogen and oxygen atoms in total. The van der Waals surface area contributed by atoms with E-state index in [1.807, 2.05) is 20.8 Å². The van der Waals surface area contributed by atoms with Gasteiger partial charge in [0.2, 0.25) is 11.8 Å². The van der Waals surface area contributed by atoms with Gasteiger partial charge in [0.15, 0.2) is 0 Å². The predicted molar refractivity (Wildman–Crippen MR) is 141 cm³/mol. The van der Waals surface area contributed by atoms with E-state index in [4.69, 9.17) is 38.4 Å². The minimum absolute atomic E-state index is 0.0766. The quantitative estimate of drug-likeness (QED) is 0.325. The van der Waals surface area contributed by atoms with Crippen molar-refractivity contribution in [1.82, 2.24) is 5.32 Å². The van der Waals surface area contributed by atoms with Crippen LogP contribution in [-0.2, 0) is 23.9 Å². The third-order valence-corrected chi connectivity index (χ3v) is 10.7. The lowest BCUT2D eigenvalue weighted by atomic mass is 9.65. The predicted octanol–water partition coefficient (Wildman–Crippen LogP) is 4.55. The Labute approximate surface area is 225 Å². The molecule has 3 rings (SSSR count). The van der Waals surface area contributed by atoms with Crippen LogP contribution < -0.4 is 11.1 Å². The molecule has 0 bridgehead atoms. The third-order valence-electron chi connectivity index (χ3n) is 9.66. The number of methoxy groups -OCH3 is 1. The molecule has 206 valence electrons. The molecule has 0 spiro atoms. The van der Waals surface area contributed by atoms with E-state index >= 15 is 0 Å². The zero-order chi connectivity index (χ0) is 26.7. The molecule has 3 N–H and O–H groups in total. The molecule has 0 heterocycles. The van der Waals surface area contributed by atoms with Crippen molar-refractivity contribution in [2.75, 3.05) is 13.7 Å². The number of esters is 1. The Kier molecular flexibility index (Phi) is 10.0. The van der Waals surface area contributed by atoms with Crippen LogP contribution >= 0.6 is 23.2 Å². The maximum atomic E-state index is 13.3. The topological polar surface area (TPSA) is 108 Å². The van der Waals surface area contributed by atoms with Crippen LogP contribution in [-0.4, -0.2) is 54.4 Å². The first kappa shape index (κ1) is 29.5. The van der Waals surface area contributed by atoms with Crippen molar-refractivity contribution in [2.24, 2.45) is 34.3 Å². The number of nitrogens with one attached hydrogen (secondary N) is 1. The van der Waals surface area contributed by atoms with Gasteiger partial charge in [-0.1, -0.05) is 27.2 Å². The lowest BCUT2D eigenvalue weighted by Gasteiger charge is -2.39. The van der Waals surface area contributed by atoms with Crippen LogP contribution in [0.4, 0.5) is 0 Å². The lowest BCUT2D eigenvalue weighted by molar-refractivity contribution is -0.147. The van der Waals surface area contributed by atoms with Gasteiger partial charge in [0, 0.05) is 22.6 Å². The molecule has 3 saturated carbocycles. The number of carbonyl (C=O) groups is 3. The number of nitrogens with two attached hydrogens (primary N) is 1. The third kappa shape index (κ3) is 6.32. The molecule has 0 saturated heterocycles. The first-order valence-corrected chi connectivity index (χ1v) is 14.4. The molecule has 0 radical (unpaired) electrons. The summed E-state index contributed by atoms with van der Waals surface area (Å²) in [7, 11) is 1.34. The lowest BCUT2D eigenvalue weighted by Crippen LogP contribution is -2.51. The first-order chi connectivity index (χ1) is 16.9. The summed E-state index contributed by atoms with van der Waals surface area (Å²) in [6, 6.07) is -0.711. The maximum absolute atomic E-state index is 13.3. The van der Waals surface area contributed by atoms with E-state index in [-0.39, 0.29) is 34.6 Å². The Morgan fingerprint density at radius 1 is 1.00 bits per heavy atom. The summed E-state index contributed by atoms with van der Waals surface area (Å²) in [6.07, 6.45) is 8.52. The largest absolute Gasteiger partial charge is 0.467 e. The Bertz CT molecular complexity index is 791. The number of carbonyl (C=O) groups excluding carboxylic acids is 3. The van der Waals surface area contributed by atoms with Crippen molar-refractivity contribution >= 4 is 41.0 Å². The molecule has 5 atom stereocenters. The molecule has 36 heavy (non-hydrogen) atoms. The highest BCUT2D eigenvalue weighted by Gasteiger charge is 2.57. The highest BCUT2D eigenvalue weighted by Crippen LogP contribution is 2.55. The van der Waals surface area contributed by atoms with Crippen LogP contribution in [0, 0.1) is 28.6 Å². The van der Waals surface area contributed by atoms with Crippen molar-refractivity contribution in [3.8, 4) is 0 Å². The number of amides is 2. The van der Waals surface area contributed by atoms with Crippen molar-refractivity contribution in [3.05, 3.63) is 0 Å². The zero-order valence-corrected chi connectivity index (χ0v) is 23.7. The van der Waals surface area contributed by atoms with Crippen molar-refractivity contribution in [2.45, 2.75) is 108 Å². The fourth-order valence-corrected chi connectivity index (χ4v) is 7.39. The summed E-state index contributed by atoms with van der Waals surface area (Å²) in [5.74, 6) is -0.960. The minimum atomic E-state index is -0.765. The molecule has 0 aromatic carbocycles. The van der Waals surface area contributed by atoms with E-state index in [1.165, 1.54) is 7.11 Å². The number of ether oxygens (including phenoxy) is 2. The molecule has 3 fully saturated rings. The van der Waals surface area contributed by atoms with Gasteiger partial charge >= 0.3 is 5.97 Å². The minimum Gasteiger partial charge on any atom is -0.467 e. The molecule has 2 unspecified atom stereocenters. The molecular formula is C27H44Cl2N2O5. The van der Waals surface area contributed by atoms with E-state index in [9.17, 15) is 14.4 Å². The smallest absolute Gasteiger partial charge is 0.328 e. The molecule has 9 heteroatoms. The van der Waals surface area contributed by atoms with E-state index in [1.54, 1.807) is 0 Å². The Balaban J connectivity index is 1.52. The van der Waals surface area contributed by atoms with Crippen LogP contribution in [0.5, 0.6) is 0 Å². The summed E-state index contributed by atoms with van der Waals surface area (Å²) >= 11 is 13.0. The molecule has 3 aliphatic carbocycles. The van der Waals surface area contributed by atoms with Gasteiger partial charge in [0.05, 0.1) is 25.2 Å². The van der Waals surface area contributed by atoms with Gasteiger partial charge in [-0.25, -0.2) is 4.79 Å². The standard InChI is InChI=1S/C27H44Cl2N2O5/c1-26(2)19(12-13-27(26,3)25(30)34)23(32)31-22(24(33)35-4)14-16-8-10-17(11-9-16)36-15-18-20(28)6-5-7-21(18)29/h16-22H,5-15H2,1-4H3,(H2,30,34)(H,31,32)/t16?,17?,18?,19-,20?,21?,22-,27+/m1/s1. The van der Waals surface area contributed by atoms with Gasteiger partial charge in [0.1, 0.15) is 6.04 Å². The fourth-order valence-electron chi connectivity index (χ4n) is 6.51.